The van der Waals surface area contributed by atoms with Crippen molar-refractivity contribution in [3.8, 4) is 0 Å². The minimum Gasteiger partial charge on any atom is -0.354 e. The standard InChI is InChI=1S/C23H28Cl3N3O4S/c1-15(2)12-27-23(31)16(3)29(13-17-5-10-20(25)21(26)11-17)22(30)14-28(4)34(32,33)19-8-6-18(24)7-9-19/h5-11,15-16H,12-14H2,1-4H3,(H,27,31). The van der Waals surface area contributed by atoms with Crippen molar-refractivity contribution >= 4 is 56.6 Å². The van der Waals surface area contributed by atoms with Crippen LogP contribution in [0, 0.1) is 5.92 Å². The molecule has 0 heterocycles. The summed E-state index contributed by atoms with van der Waals surface area (Å²) in [7, 11) is -2.64. The van der Waals surface area contributed by atoms with Gasteiger partial charge in [-0.3, -0.25) is 9.59 Å². The van der Waals surface area contributed by atoms with Crippen molar-refractivity contribution in [1.29, 1.82) is 0 Å². The summed E-state index contributed by atoms with van der Waals surface area (Å²) in [6.45, 7) is 5.54. The van der Waals surface area contributed by atoms with Gasteiger partial charge in [0.25, 0.3) is 0 Å². The van der Waals surface area contributed by atoms with E-state index in [4.69, 9.17) is 34.8 Å². The van der Waals surface area contributed by atoms with Crippen LogP contribution in [-0.2, 0) is 26.2 Å². The SMILES string of the molecule is CC(C)CNC(=O)C(C)N(Cc1ccc(Cl)c(Cl)c1)C(=O)CN(C)S(=O)(=O)c1ccc(Cl)cc1. The monoisotopic (exact) mass is 547 g/mol. The highest BCUT2D eigenvalue weighted by atomic mass is 35.5. The van der Waals surface area contributed by atoms with Gasteiger partial charge in [-0.25, -0.2) is 8.42 Å². The average molecular weight is 549 g/mol. The molecule has 1 atom stereocenters. The Kier molecular flexibility index (Phi) is 10.2. The highest BCUT2D eigenvalue weighted by molar-refractivity contribution is 7.89. The third-order valence-corrected chi connectivity index (χ3v) is 7.88. The molecular formula is C23H28Cl3N3O4S. The summed E-state index contributed by atoms with van der Waals surface area (Å²) in [6.07, 6.45) is 0. The average Bonchev–Trinajstić information content (AvgIpc) is 2.77. The highest BCUT2D eigenvalue weighted by Crippen LogP contribution is 2.24. The Hall–Kier alpha value is -1.84. The van der Waals surface area contributed by atoms with E-state index in [1.165, 1.54) is 36.2 Å². The number of likely N-dealkylation sites (N-methyl/N-ethyl adjacent to an activating group) is 1. The molecule has 0 bridgehead atoms. The fraction of sp³-hybridized carbons (Fsp3) is 0.391. The van der Waals surface area contributed by atoms with Gasteiger partial charge in [-0.15, -0.1) is 0 Å². The summed E-state index contributed by atoms with van der Waals surface area (Å²) >= 11 is 18.0. The van der Waals surface area contributed by atoms with E-state index in [2.05, 4.69) is 5.32 Å². The topological polar surface area (TPSA) is 86.8 Å². The summed E-state index contributed by atoms with van der Waals surface area (Å²) in [5.41, 5.74) is 0.648. The van der Waals surface area contributed by atoms with Crippen LogP contribution >= 0.6 is 34.8 Å². The van der Waals surface area contributed by atoms with Gasteiger partial charge >= 0.3 is 0 Å². The molecule has 0 aliphatic rings. The molecule has 2 amide bonds. The number of carbonyl (C=O) groups excluding carboxylic acids is 2. The van der Waals surface area contributed by atoms with Crippen LogP contribution in [-0.4, -0.2) is 55.6 Å². The van der Waals surface area contributed by atoms with Gasteiger partial charge in [-0.1, -0.05) is 54.7 Å². The van der Waals surface area contributed by atoms with E-state index in [0.717, 1.165) is 4.31 Å². The van der Waals surface area contributed by atoms with Gasteiger partial charge < -0.3 is 10.2 Å². The van der Waals surface area contributed by atoms with E-state index in [1.807, 2.05) is 13.8 Å². The van der Waals surface area contributed by atoms with Crippen molar-refractivity contribution < 1.29 is 18.0 Å². The number of benzene rings is 2. The fourth-order valence-corrected chi connectivity index (χ4v) is 4.59. The number of halogens is 3. The Balaban J connectivity index is 2.28. The molecule has 0 spiro atoms. The summed E-state index contributed by atoms with van der Waals surface area (Å²) < 4.78 is 26.8. The Bertz CT molecular complexity index is 1120. The van der Waals surface area contributed by atoms with Crippen LogP contribution in [0.3, 0.4) is 0 Å². The van der Waals surface area contributed by atoms with Gasteiger partial charge in [0.05, 0.1) is 21.5 Å². The molecule has 0 fully saturated rings. The largest absolute Gasteiger partial charge is 0.354 e. The molecule has 1 unspecified atom stereocenters. The normalized spacial score (nSPS) is 12.6. The van der Waals surface area contributed by atoms with Crippen molar-refractivity contribution in [3.63, 3.8) is 0 Å². The molecular weight excluding hydrogens is 521 g/mol. The summed E-state index contributed by atoms with van der Waals surface area (Å²) in [5.74, 6) is -0.658. The van der Waals surface area contributed by atoms with Gasteiger partial charge in [0.15, 0.2) is 0 Å². The van der Waals surface area contributed by atoms with Crippen LogP contribution < -0.4 is 5.32 Å². The van der Waals surface area contributed by atoms with Crippen molar-refractivity contribution in [2.75, 3.05) is 20.1 Å². The fourth-order valence-electron chi connectivity index (χ4n) is 3.02. The Morgan fingerprint density at radius 2 is 1.59 bits per heavy atom. The maximum Gasteiger partial charge on any atom is 0.243 e. The number of rotatable bonds is 10. The van der Waals surface area contributed by atoms with E-state index in [0.29, 0.717) is 27.2 Å². The lowest BCUT2D eigenvalue weighted by Crippen LogP contribution is -2.51. The molecule has 0 aromatic heterocycles. The number of hydrogen-bond donors (Lipinski definition) is 1. The maximum absolute atomic E-state index is 13.3. The zero-order valence-electron chi connectivity index (χ0n) is 19.4. The molecule has 0 saturated carbocycles. The van der Waals surface area contributed by atoms with Crippen LogP contribution in [0.5, 0.6) is 0 Å². The molecule has 2 aromatic carbocycles. The molecule has 0 radical (unpaired) electrons. The molecule has 34 heavy (non-hydrogen) atoms. The molecule has 2 rings (SSSR count). The molecule has 2 aromatic rings. The molecule has 11 heteroatoms. The second-order valence-electron chi connectivity index (χ2n) is 8.30. The Labute approximate surface area is 216 Å². The number of nitrogens with one attached hydrogen (secondary N) is 1. The molecule has 0 saturated heterocycles. The maximum atomic E-state index is 13.3. The number of amides is 2. The molecule has 7 nitrogen and oxygen atoms in total. The van der Waals surface area contributed by atoms with E-state index < -0.39 is 28.5 Å². The number of sulfonamides is 1. The summed E-state index contributed by atoms with van der Waals surface area (Å²) in [6, 6.07) is 9.71. The predicted molar refractivity (Wildman–Crippen MR) is 136 cm³/mol. The highest BCUT2D eigenvalue weighted by Gasteiger charge is 2.30. The lowest BCUT2D eigenvalue weighted by atomic mass is 10.1. The van der Waals surface area contributed by atoms with Gasteiger partial charge in [0, 0.05) is 25.2 Å². The first-order chi connectivity index (χ1) is 15.8. The van der Waals surface area contributed by atoms with E-state index in [9.17, 15) is 18.0 Å². The first kappa shape index (κ1) is 28.4. The van der Waals surface area contributed by atoms with E-state index >= 15 is 0 Å². The van der Waals surface area contributed by atoms with Crippen molar-refractivity contribution in [3.05, 3.63) is 63.1 Å². The van der Waals surface area contributed by atoms with Gasteiger partial charge in [0.1, 0.15) is 6.04 Å². The molecule has 0 aliphatic carbocycles. The third-order valence-electron chi connectivity index (χ3n) is 5.07. The van der Waals surface area contributed by atoms with Crippen molar-refractivity contribution in [2.45, 2.75) is 38.3 Å². The minimum atomic E-state index is -3.95. The number of nitrogens with zero attached hydrogens (tertiary/aromatic N) is 2. The number of hydrogen-bond acceptors (Lipinski definition) is 4. The number of carbonyl (C=O) groups is 2. The first-order valence-corrected chi connectivity index (χ1v) is 13.1. The smallest absolute Gasteiger partial charge is 0.243 e. The second kappa shape index (κ2) is 12.2. The molecule has 186 valence electrons. The van der Waals surface area contributed by atoms with Crippen molar-refractivity contribution in [1.82, 2.24) is 14.5 Å². The second-order valence-corrected chi connectivity index (χ2v) is 11.6. The van der Waals surface area contributed by atoms with Gasteiger partial charge in [-0.05, 0) is 54.8 Å². The molecule has 1 N–H and O–H groups in total. The van der Waals surface area contributed by atoms with Crippen LogP contribution in [0.1, 0.15) is 26.3 Å². The Morgan fingerprint density at radius 1 is 0.971 bits per heavy atom. The minimum absolute atomic E-state index is 0.00552. The lowest BCUT2D eigenvalue weighted by molar-refractivity contribution is -0.140. The summed E-state index contributed by atoms with van der Waals surface area (Å²) in [4.78, 5) is 27.4. The van der Waals surface area contributed by atoms with Crippen LogP contribution in [0.2, 0.25) is 15.1 Å². The first-order valence-electron chi connectivity index (χ1n) is 10.6. The van der Waals surface area contributed by atoms with E-state index in [1.54, 1.807) is 25.1 Å². The quantitative estimate of drug-likeness (QED) is 0.475. The van der Waals surface area contributed by atoms with E-state index in [-0.39, 0.29) is 23.3 Å². The van der Waals surface area contributed by atoms with Crippen LogP contribution in [0.25, 0.3) is 0 Å². The Morgan fingerprint density at radius 3 is 2.15 bits per heavy atom. The zero-order chi connectivity index (χ0) is 25.6. The van der Waals surface area contributed by atoms with Crippen LogP contribution in [0.15, 0.2) is 47.4 Å². The third kappa shape index (κ3) is 7.58. The van der Waals surface area contributed by atoms with Crippen molar-refractivity contribution in [2.24, 2.45) is 5.92 Å². The zero-order valence-corrected chi connectivity index (χ0v) is 22.5. The lowest BCUT2D eigenvalue weighted by Gasteiger charge is -2.30. The predicted octanol–water partition coefficient (Wildman–Crippen LogP) is 4.46. The summed E-state index contributed by atoms with van der Waals surface area (Å²) in [5, 5.41) is 3.88. The molecule has 0 aliphatic heterocycles. The van der Waals surface area contributed by atoms with Crippen LogP contribution in [0.4, 0.5) is 0 Å². The van der Waals surface area contributed by atoms with Gasteiger partial charge in [0.2, 0.25) is 21.8 Å². The van der Waals surface area contributed by atoms with Gasteiger partial charge in [-0.2, -0.15) is 4.31 Å².